The Labute approximate surface area is 89.1 Å². The van der Waals surface area contributed by atoms with Gasteiger partial charge in [0.05, 0.1) is 0 Å². The summed E-state index contributed by atoms with van der Waals surface area (Å²) in [5, 5.41) is 0. The fraction of sp³-hybridized carbons (Fsp3) is 0.600. The average molecular weight is 211 g/mol. The SMILES string of the molecule is CN(C)C(C)(C)COc1ncc[nH]c1=O. The van der Waals surface area contributed by atoms with Crippen molar-refractivity contribution in [3.63, 3.8) is 0 Å². The number of rotatable bonds is 4. The average Bonchev–Trinajstić information content (AvgIpc) is 2.16. The van der Waals surface area contributed by atoms with Crippen LogP contribution in [0.25, 0.3) is 0 Å². The van der Waals surface area contributed by atoms with Crippen molar-refractivity contribution >= 4 is 0 Å². The Balaban J connectivity index is 2.66. The minimum Gasteiger partial charge on any atom is -0.472 e. The minimum absolute atomic E-state index is 0.118. The van der Waals surface area contributed by atoms with Crippen LogP contribution in [0.1, 0.15) is 13.8 Å². The van der Waals surface area contributed by atoms with E-state index in [0.717, 1.165) is 0 Å². The van der Waals surface area contributed by atoms with Gasteiger partial charge in [-0.2, -0.15) is 0 Å². The van der Waals surface area contributed by atoms with Crippen LogP contribution in [-0.2, 0) is 0 Å². The predicted molar refractivity (Wildman–Crippen MR) is 58.1 cm³/mol. The Morgan fingerprint density at radius 1 is 1.53 bits per heavy atom. The molecule has 0 amide bonds. The number of likely N-dealkylation sites (N-methyl/N-ethyl adjacent to an activating group) is 1. The van der Waals surface area contributed by atoms with E-state index in [2.05, 4.69) is 9.97 Å². The van der Waals surface area contributed by atoms with E-state index in [0.29, 0.717) is 6.61 Å². The molecule has 1 rings (SSSR count). The minimum atomic E-state index is -0.299. The number of H-pyrrole nitrogens is 1. The summed E-state index contributed by atoms with van der Waals surface area (Å²) in [7, 11) is 3.93. The third kappa shape index (κ3) is 3.06. The molecule has 0 fully saturated rings. The highest BCUT2D eigenvalue weighted by Crippen LogP contribution is 2.10. The lowest BCUT2D eigenvalue weighted by atomic mass is 10.1. The van der Waals surface area contributed by atoms with Gasteiger partial charge in [0.2, 0.25) is 0 Å². The van der Waals surface area contributed by atoms with E-state index in [1.165, 1.54) is 12.4 Å². The van der Waals surface area contributed by atoms with Gasteiger partial charge in [-0.15, -0.1) is 0 Å². The summed E-state index contributed by atoms with van der Waals surface area (Å²) in [6.45, 7) is 4.48. The van der Waals surface area contributed by atoms with Crippen LogP contribution >= 0.6 is 0 Å². The molecule has 5 nitrogen and oxygen atoms in total. The first-order chi connectivity index (χ1) is 6.93. The molecule has 1 N–H and O–H groups in total. The molecule has 0 saturated carbocycles. The quantitative estimate of drug-likeness (QED) is 0.787. The van der Waals surface area contributed by atoms with Crippen LogP contribution in [0.4, 0.5) is 0 Å². The van der Waals surface area contributed by atoms with E-state index in [9.17, 15) is 4.79 Å². The molecule has 0 radical (unpaired) electrons. The lowest BCUT2D eigenvalue weighted by Gasteiger charge is -2.31. The first-order valence-electron chi connectivity index (χ1n) is 4.77. The van der Waals surface area contributed by atoms with Gasteiger partial charge in [-0.05, 0) is 27.9 Å². The highest BCUT2D eigenvalue weighted by Gasteiger charge is 2.22. The number of hydrogen-bond donors (Lipinski definition) is 1. The molecule has 0 aliphatic heterocycles. The molecule has 0 atom stereocenters. The number of aromatic nitrogens is 2. The molecule has 1 aromatic heterocycles. The van der Waals surface area contributed by atoms with Gasteiger partial charge in [0.25, 0.3) is 5.88 Å². The lowest BCUT2D eigenvalue weighted by Crippen LogP contribution is -2.43. The summed E-state index contributed by atoms with van der Waals surface area (Å²) in [6, 6.07) is 0. The van der Waals surface area contributed by atoms with E-state index < -0.39 is 0 Å². The molecule has 0 bridgehead atoms. The second-order valence-corrected chi connectivity index (χ2v) is 4.22. The van der Waals surface area contributed by atoms with Crippen molar-refractivity contribution in [2.24, 2.45) is 0 Å². The Kier molecular flexibility index (Phi) is 3.47. The van der Waals surface area contributed by atoms with Gasteiger partial charge in [-0.25, -0.2) is 4.98 Å². The Bertz CT molecular complexity index is 371. The first kappa shape index (κ1) is 11.7. The zero-order valence-electron chi connectivity index (χ0n) is 9.57. The van der Waals surface area contributed by atoms with E-state index >= 15 is 0 Å². The fourth-order valence-electron chi connectivity index (χ4n) is 0.815. The second kappa shape index (κ2) is 4.44. The van der Waals surface area contributed by atoms with Gasteiger partial charge in [0.1, 0.15) is 6.61 Å². The Morgan fingerprint density at radius 2 is 2.20 bits per heavy atom. The third-order valence-corrected chi connectivity index (χ3v) is 2.45. The Hall–Kier alpha value is -1.36. The summed E-state index contributed by atoms with van der Waals surface area (Å²) in [4.78, 5) is 19.6. The van der Waals surface area contributed by atoms with Gasteiger partial charge >= 0.3 is 5.56 Å². The number of aromatic amines is 1. The van der Waals surface area contributed by atoms with Crippen molar-refractivity contribution in [3.8, 4) is 5.88 Å². The number of nitrogens with one attached hydrogen (secondary N) is 1. The van der Waals surface area contributed by atoms with Crippen LogP contribution in [0, 0.1) is 0 Å². The molecule has 1 aromatic rings. The van der Waals surface area contributed by atoms with Crippen LogP contribution in [0.2, 0.25) is 0 Å². The fourth-order valence-corrected chi connectivity index (χ4v) is 0.815. The Morgan fingerprint density at radius 3 is 2.73 bits per heavy atom. The van der Waals surface area contributed by atoms with Crippen molar-refractivity contribution < 1.29 is 4.74 Å². The molecule has 84 valence electrons. The summed E-state index contributed by atoms with van der Waals surface area (Å²) < 4.78 is 5.37. The van der Waals surface area contributed by atoms with E-state index in [-0.39, 0.29) is 17.0 Å². The van der Waals surface area contributed by atoms with Gasteiger partial charge in [-0.1, -0.05) is 0 Å². The monoisotopic (exact) mass is 211 g/mol. The zero-order chi connectivity index (χ0) is 11.5. The van der Waals surface area contributed by atoms with E-state index in [1.54, 1.807) is 0 Å². The van der Waals surface area contributed by atoms with Crippen molar-refractivity contribution in [2.45, 2.75) is 19.4 Å². The number of nitrogens with zero attached hydrogens (tertiary/aromatic N) is 2. The van der Waals surface area contributed by atoms with Gasteiger partial charge in [-0.3, -0.25) is 4.79 Å². The molecule has 0 aliphatic carbocycles. The maximum absolute atomic E-state index is 11.2. The highest BCUT2D eigenvalue weighted by atomic mass is 16.5. The molecule has 0 unspecified atom stereocenters. The summed E-state index contributed by atoms with van der Waals surface area (Å²) in [6.07, 6.45) is 2.98. The van der Waals surface area contributed by atoms with Crippen LogP contribution in [0.15, 0.2) is 17.2 Å². The molecule has 0 aliphatic rings. The lowest BCUT2D eigenvalue weighted by molar-refractivity contribution is 0.110. The molecule has 0 saturated heterocycles. The van der Waals surface area contributed by atoms with E-state index in [4.69, 9.17) is 4.74 Å². The van der Waals surface area contributed by atoms with Crippen LogP contribution < -0.4 is 10.3 Å². The predicted octanol–water partition coefficient (Wildman–Crippen LogP) is 0.489. The number of ether oxygens (including phenoxy) is 1. The molecular weight excluding hydrogens is 194 g/mol. The number of hydrogen-bond acceptors (Lipinski definition) is 4. The summed E-state index contributed by atoms with van der Waals surface area (Å²) in [5.41, 5.74) is -0.434. The van der Waals surface area contributed by atoms with Crippen LogP contribution in [-0.4, -0.2) is 41.1 Å². The maximum atomic E-state index is 11.2. The van der Waals surface area contributed by atoms with Gasteiger partial charge in [0.15, 0.2) is 0 Å². The van der Waals surface area contributed by atoms with Crippen molar-refractivity contribution in [1.82, 2.24) is 14.9 Å². The largest absolute Gasteiger partial charge is 0.472 e. The normalized spacial score (nSPS) is 11.8. The van der Waals surface area contributed by atoms with Crippen molar-refractivity contribution in [3.05, 3.63) is 22.7 Å². The van der Waals surface area contributed by atoms with Crippen LogP contribution in [0.5, 0.6) is 5.88 Å². The van der Waals surface area contributed by atoms with E-state index in [1.807, 2.05) is 32.8 Å². The maximum Gasteiger partial charge on any atom is 0.310 e. The first-order valence-corrected chi connectivity index (χ1v) is 4.77. The third-order valence-electron chi connectivity index (χ3n) is 2.45. The van der Waals surface area contributed by atoms with Gasteiger partial charge in [0, 0.05) is 17.9 Å². The molecular formula is C10H17N3O2. The zero-order valence-corrected chi connectivity index (χ0v) is 9.57. The summed E-state index contributed by atoms with van der Waals surface area (Å²) in [5.74, 6) is 0.118. The summed E-state index contributed by atoms with van der Waals surface area (Å²) >= 11 is 0. The van der Waals surface area contributed by atoms with Crippen molar-refractivity contribution in [1.29, 1.82) is 0 Å². The smallest absolute Gasteiger partial charge is 0.310 e. The molecule has 5 heteroatoms. The van der Waals surface area contributed by atoms with Crippen LogP contribution in [0.3, 0.4) is 0 Å². The molecule has 0 spiro atoms. The van der Waals surface area contributed by atoms with Gasteiger partial charge < -0.3 is 14.6 Å². The molecule has 0 aromatic carbocycles. The highest BCUT2D eigenvalue weighted by molar-refractivity contribution is 5.02. The second-order valence-electron chi connectivity index (χ2n) is 4.22. The topological polar surface area (TPSA) is 58.2 Å². The molecule has 1 heterocycles. The van der Waals surface area contributed by atoms with Crippen molar-refractivity contribution in [2.75, 3.05) is 20.7 Å². The standard InChI is InChI=1S/C10H17N3O2/c1-10(2,13(3)4)7-15-9-8(14)11-5-6-12-9/h5-6H,7H2,1-4H3,(H,11,14). The molecule has 15 heavy (non-hydrogen) atoms.